The lowest BCUT2D eigenvalue weighted by atomic mass is 10.0. The first-order chi connectivity index (χ1) is 13.4. The molecule has 0 radical (unpaired) electrons. The summed E-state index contributed by atoms with van der Waals surface area (Å²) in [5, 5.41) is 7.08. The van der Waals surface area contributed by atoms with E-state index < -0.39 is 0 Å². The molecule has 2 fully saturated rings. The number of piperidine rings is 2. The lowest BCUT2D eigenvalue weighted by Crippen LogP contribution is -2.39. The van der Waals surface area contributed by atoms with Gasteiger partial charge in [0.25, 0.3) is 0 Å². The molecule has 0 aromatic carbocycles. The van der Waals surface area contributed by atoms with Gasteiger partial charge in [-0.25, -0.2) is 0 Å². The number of rotatable bonds is 5. The maximum Gasteiger partial charge on any atom is 0.232 e. The number of thiocarbonyl (C=S) groups is 1. The first-order valence-electron chi connectivity index (χ1n) is 10.9. The van der Waals surface area contributed by atoms with Gasteiger partial charge < -0.3 is 20.4 Å². The van der Waals surface area contributed by atoms with Gasteiger partial charge in [-0.15, -0.1) is 0 Å². The average molecular weight is 405 g/mol. The molecule has 7 heteroatoms. The van der Waals surface area contributed by atoms with Crippen LogP contribution in [0.1, 0.15) is 59.8 Å². The highest BCUT2D eigenvalue weighted by molar-refractivity contribution is 7.80. The quantitative estimate of drug-likeness (QED) is 0.719. The summed E-state index contributed by atoms with van der Waals surface area (Å²) in [4.78, 5) is 14.5. The minimum absolute atomic E-state index is 0.510. The van der Waals surface area contributed by atoms with Crippen molar-refractivity contribution in [3.63, 3.8) is 0 Å². The maximum atomic E-state index is 5.47. The number of hydrogen-bond donors (Lipinski definition) is 2. The Hall–Kier alpha value is -1.63. The van der Waals surface area contributed by atoms with Crippen molar-refractivity contribution in [2.75, 3.05) is 41.3 Å². The van der Waals surface area contributed by atoms with E-state index in [0.717, 1.165) is 37.8 Å². The van der Waals surface area contributed by atoms with Gasteiger partial charge in [0.05, 0.1) is 0 Å². The van der Waals surface area contributed by atoms with Crippen molar-refractivity contribution in [2.45, 2.75) is 65.8 Å². The summed E-state index contributed by atoms with van der Waals surface area (Å²) in [7, 11) is 0. The molecule has 0 saturated carbocycles. The van der Waals surface area contributed by atoms with Gasteiger partial charge in [-0.2, -0.15) is 9.97 Å². The molecule has 6 nitrogen and oxygen atoms in total. The van der Waals surface area contributed by atoms with Gasteiger partial charge in [0.15, 0.2) is 5.11 Å². The molecular formula is C21H36N6S. The fourth-order valence-electron chi connectivity index (χ4n) is 4.07. The van der Waals surface area contributed by atoms with Gasteiger partial charge in [-0.05, 0) is 63.1 Å². The molecule has 2 atom stereocenters. The highest BCUT2D eigenvalue weighted by Crippen LogP contribution is 2.29. The zero-order chi connectivity index (χ0) is 20.1. The first-order valence-corrected chi connectivity index (χ1v) is 11.3. The lowest BCUT2D eigenvalue weighted by Gasteiger charge is -2.36. The molecule has 0 amide bonds. The second-order valence-corrected chi connectivity index (χ2v) is 9.28. The molecule has 0 spiro atoms. The van der Waals surface area contributed by atoms with E-state index in [2.05, 4.69) is 54.2 Å². The monoisotopic (exact) mass is 404 g/mol. The Morgan fingerprint density at radius 2 is 1.93 bits per heavy atom. The van der Waals surface area contributed by atoms with E-state index in [1.807, 2.05) is 0 Å². The molecule has 3 heterocycles. The predicted octanol–water partition coefficient (Wildman–Crippen LogP) is 4.03. The average Bonchev–Trinajstić information content (AvgIpc) is 2.66. The standard InChI is InChI=1S/C21H36N6S/c1-15(2)13-22-21(28)25-20-23-18(26-10-7-8-16(3)14-26)12-19(24-20)27-11-6-5-9-17(27)4/h12,15-17H,5-11,13-14H2,1-4H3,(H2,22,23,24,25,28)/t16-,17-/m0/s1. The first kappa shape index (κ1) is 21.1. The minimum Gasteiger partial charge on any atom is -0.362 e. The van der Waals surface area contributed by atoms with Gasteiger partial charge in [0.1, 0.15) is 11.6 Å². The smallest absolute Gasteiger partial charge is 0.232 e. The van der Waals surface area contributed by atoms with Crippen molar-refractivity contribution in [3.05, 3.63) is 6.07 Å². The lowest BCUT2D eigenvalue weighted by molar-refractivity contribution is 0.444. The highest BCUT2D eigenvalue weighted by Gasteiger charge is 2.24. The van der Waals surface area contributed by atoms with E-state index in [9.17, 15) is 0 Å². The Morgan fingerprint density at radius 1 is 1.14 bits per heavy atom. The molecule has 1 aromatic rings. The number of hydrogen-bond acceptors (Lipinski definition) is 5. The fraction of sp³-hybridized carbons (Fsp3) is 0.762. The van der Waals surface area contributed by atoms with E-state index in [1.165, 1.54) is 32.1 Å². The van der Waals surface area contributed by atoms with Gasteiger partial charge >= 0.3 is 0 Å². The van der Waals surface area contributed by atoms with Gasteiger partial charge in [-0.1, -0.05) is 20.8 Å². The molecule has 28 heavy (non-hydrogen) atoms. The summed E-state index contributed by atoms with van der Waals surface area (Å²) in [6.45, 7) is 13.0. The van der Waals surface area contributed by atoms with Crippen LogP contribution >= 0.6 is 12.2 Å². The van der Waals surface area contributed by atoms with Crippen molar-refractivity contribution in [2.24, 2.45) is 11.8 Å². The molecule has 0 unspecified atom stereocenters. The summed E-state index contributed by atoms with van der Waals surface area (Å²) >= 11 is 5.47. The molecule has 2 aliphatic rings. The third kappa shape index (κ3) is 5.69. The van der Waals surface area contributed by atoms with Crippen LogP contribution in [0.3, 0.4) is 0 Å². The van der Waals surface area contributed by atoms with Gasteiger partial charge in [0, 0.05) is 38.3 Å². The van der Waals surface area contributed by atoms with E-state index >= 15 is 0 Å². The topological polar surface area (TPSA) is 56.3 Å². The number of anilines is 3. The fourth-order valence-corrected chi connectivity index (χ4v) is 4.24. The summed E-state index contributed by atoms with van der Waals surface area (Å²) in [6.07, 6.45) is 6.26. The second-order valence-electron chi connectivity index (χ2n) is 8.87. The predicted molar refractivity (Wildman–Crippen MR) is 122 cm³/mol. The van der Waals surface area contributed by atoms with Crippen LogP contribution in [-0.4, -0.2) is 47.3 Å². The molecule has 0 aliphatic carbocycles. The Kier molecular flexibility index (Phi) is 7.32. The van der Waals surface area contributed by atoms with Crippen molar-refractivity contribution >= 4 is 34.9 Å². The second kappa shape index (κ2) is 9.72. The van der Waals surface area contributed by atoms with Crippen molar-refractivity contribution in [1.29, 1.82) is 0 Å². The Balaban J connectivity index is 1.84. The Morgan fingerprint density at radius 3 is 2.64 bits per heavy atom. The van der Waals surface area contributed by atoms with Gasteiger partial charge in [-0.3, -0.25) is 0 Å². The molecule has 2 saturated heterocycles. The van der Waals surface area contributed by atoms with Crippen molar-refractivity contribution in [3.8, 4) is 0 Å². The molecule has 3 rings (SSSR count). The minimum atomic E-state index is 0.510. The molecule has 1 aromatic heterocycles. The highest BCUT2D eigenvalue weighted by atomic mass is 32.1. The summed E-state index contributed by atoms with van der Waals surface area (Å²) in [5.74, 6) is 3.87. The summed E-state index contributed by atoms with van der Waals surface area (Å²) in [5.41, 5.74) is 0. The van der Waals surface area contributed by atoms with E-state index in [1.54, 1.807) is 0 Å². The Bertz CT molecular complexity index is 664. The molecule has 156 valence electrons. The third-order valence-corrected chi connectivity index (χ3v) is 5.92. The summed E-state index contributed by atoms with van der Waals surface area (Å²) in [6, 6.07) is 2.69. The normalized spacial score (nSPS) is 23.0. The zero-order valence-electron chi connectivity index (χ0n) is 17.9. The van der Waals surface area contributed by atoms with Crippen LogP contribution in [-0.2, 0) is 0 Å². The Labute approximate surface area is 175 Å². The van der Waals surface area contributed by atoms with Gasteiger partial charge in [0.2, 0.25) is 5.95 Å². The van der Waals surface area contributed by atoms with Crippen LogP contribution in [0.15, 0.2) is 6.07 Å². The van der Waals surface area contributed by atoms with Crippen LogP contribution in [0.25, 0.3) is 0 Å². The third-order valence-electron chi connectivity index (χ3n) is 5.67. The number of aromatic nitrogens is 2. The van der Waals surface area contributed by atoms with Crippen molar-refractivity contribution in [1.82, 2.24) is 15.3 Å². The van der Waals surface area contributed by atoms with Crippen LogP contribution in [0.5, 0.6) is 0 Å². The van der Waals surface area contributed by atoms with Crippen molar-refractivity contribution < 1.29 is 0 Å². The molecular weight excluding hydrogens is 368 g/mol. The van der Waals surface area contributed by atoms with E-state index in [4.69, 9.17) is 22.2 Å². The molecule has 2 aliphatic heterocycles. The molecule has 0 bridgehead atoms. The SMILES string of the molecule is CC(C)CNC(=S)Nc1nc(N2CCC[C@H](C)C2)cc(N2CCCC[C@@H]2C)n1. The number of nitrogens with one attached hydrogen (secondary N) is 2. The van der Waals surface area contributed by atoms with Crippen LogP contribution in [0.2, 0.25) is 0 Å². The largest absolute Gasteiger partial charge is 0.362 e. The van der Waals surface area contributed by atoms with Crippen LogP contribution in [0, 0.1) is 11.8 Å². The number of nitrogens with zero attached hydrogens (tertiary/aromatic N) is 4. The summed E-state index contributed by atoms with van der Waals surface area (Å²) < 4.78 is 0. The maximum absolute atomic E-state index is 5.47. The van der Waals surface area contributed by atoms with Crippen LogP contribution < -0.4 is 20.4 Å². The van der Waals surface area contributed by atoms with Crippen LogP contribution in [0.4, 0.5) is 17.6 Å². The molecule has 2 N–H and O–H groups in total. The van der Waals surface area contributed by atoms with E-state index in [-0.39, 0.29) is 0 Å². The zero-order valence-corrected chi connectivity index (χ0v) is 18.7. The van der Waals surface area contributed by atoms with E-state index in [0.29, 0.717) is 28.9 Å².